The average molecular weight is 585 g/mol. The number of benzene rings is 1. The van der Waals surface area contributed by atoms with Crippen LogP contribution in [0.5, 0.6) is 11.6 Å². The van der Waals surface area contributed by atoms with Gasteiger partial charge in [-0.15, -0.1) is 0 Å². The van der Waals surface area contributed by atoms with Crippen LogP contribution in [0.15, 0.2) is 18.2 Å². The van der Waals surface area contributed by atoms with Gasteiger partial charge in [-0.25, -0.2) is 19.6 Å². The number of carbonyl (C=O) groups excluding carboxylic acids is 3. The third-order valence-corrected chi connectivity index (χ3v) is 8.25. The van der Waals surface area contributed by atoms with Crippen LogP contribution in [0.25, 0.3) is 11.0 Å². The molecule has 1 N–H and O–H groups in total. The number of carbonyl (C=O) groups is 3. The fourth-order valence-electron chi connectivity index (χ4n) is 5.50. The van der Waals surface area contributed by atoms with Crippen molar-refractivity contribution < 1.29 is 33.3 Å². The number of cyclic esters (lactones) is 1. The van der Waals surface area contributed by atoms with E-state index < -0.39 is 41.6 Å². The fraction of sp³-hybridized carbons (Fsp3) is 0.645. The second kappa shape index (κ2) is 13.1. The minimum absolute atomic E-state index is 0.118. The second-order valence-corrected chi connectivity index (χ2v) is 12.5. The number of esters is 1. The van der Waals surface area contributed by atoms with Crippen LogP contribution in [-0.4, -0.2) is 77.9 Å². The zero-order valence-electron chi connectivity index (χ0n) is 25.8. The van der Waals surface area contributed by atoms with Crippen LogP contribution in [0, 0.1) is 11.3 Å². The Balaban J connectivity index is 1.72. The van der Waals surface area contributed by atoms with Gasteiger partial charge in [-0.05, 0) is 49.7 Å². The van der Waals surface area contributed by atoms with Crippen molar-refractivity contribution in [2.75, 3.05) is 20.8 Å². The van der Waals surface area contributed by atoms with E-state index in [0.717, 1.165) is 36.9 Å². The molecular weight excluding hydrogens is 540 g/mol. The van der Waals surface area contributed by atoms with Crippen LogP contribution >= 0.6 is 0 Å². The molecule has 0 radical (unpaired) electrons. The van der Waals surface area contributed by atoms with Gasteiger partial charge in [0.15, 0.2) is 0 Å². The second-order valence-electron chi connectivity index (χ2n) is 12.5. The summed E-state index contributed by atoms with van der Waals surface area (Å²) in [4.78, 5) is 51.0. The summed E-state index contributed by atoms with van der Waals surface area (Å²) in [5.41, 5.74) is 1.43. The minimum atomic E-state index is -0.944. The van der Waals surface area contributed by atoms with Gasteiger partial charge in [-0.2, -0.15) is 0 Å². The fourth-order valence-corrected chi connectivity index (χ4v) is 5.50. The van der Waals surface area contributed by atoms with E-state index in [4.69, 9.17) is 28.9 Å². The monoisotopic (exact) mass is 584 g/mol. The lowest BCUT2D eigenvalue weighted by Crippen LogP contribution is -2.57. The molecule has 0 spiro atoms. The Morgan fingerprint density at radius 3 is 2.50 bits per heavy atom. The van der Waals surface area contributed by atoms with E-state index in [1.54, 1.807) is 13.2 Å². The van der Waals surface area contributed by atoms with Crippen molar-refractivity contribution in [2.24, 2.45) is 11.3 Å². The summed E-state index contributed by atoms with van der Waals surface area (Å²) >= 11 is 0. The van der Waals surface area contributed by atoms with Crippen molar-refractivity contribution in [3.63, 3.8) is 0 Å². The van der Waals surface area contributed by atoms with Crippen LogP contribution in [0.3, 0.4) is 0 Å². The topological polar surface area (TPSA) is 129 Å². The summed E-state index contributed by atoms with van der Waals surface area (Å²) in [7, 11) is 2.89. The van der Waals surface area contributed by atoms with Crippen molar-refractivity contribution in [3.8, 4) is 11.6 Å². The van der Waals surface area contributed by atoms with Crippen LogP contribution < -0.4 is 14.8 Å². The summed E-state index contributed by atoms with van der Waals surface area (Å²) in [6, 6.07) is 3.71. The van der Waals surface area contributed by atoms with Gasteiger partial charge in [-0.3, -0.25) is 4.79 Å². The Hall–Kier alpha value is -3.63. The highest BCUT2D eigenvalue weighted by atomic mass is 16.6. The molecule has 4 rings (SSSR count). The Bertz CT molecular complexity index is 1290. The summed E-state index contributed by atoms with van der Waals surface area (Å²) in [5.74, 6) is 0.222. The predicted octanol–water partition coefficient (Wildman–Crippen LogP) is 4.44. The van der Waals surface area contributed by atoms with E-state index in [9.17, 15) is 14.4 Å². The number of methoxy groups -OCH3 is 2. The van der Waals surface area contributed by atoms with Crippen molar-refractivity contribution in [2.45, 2.75) is 97.4 Å². The van der Waals surface area contributed by atoms with Crippen LogP contribution in [0.4, 0.5) is 4.79 Å². The van der Waals surface area contributed by atoms with Crippen molar-refractivity contribution >= 4 is 29.0 Å². The standard InChI is InChI=1S/C31H44N4O7/c1-18-11-9-8-10-12-23-27(33-24-15-20(39-6)13-14-22(24)32-23)42-21-16-25(29(37)40-7)35(17-21)28(36)26(31(3,4)5)34-30(38)41-19(18)2/h13-15,18-19,21,25-26H,8-12,16-17H2,1-7H3,(H,34,38). The van der Waals surface area contributed by atoms with E-state index in [-0.39, 0.29) is 25.0 Å². The lowest BCUT2D eigenvalue weighted by atomic mass is 9.85. The number of rotatable bonds is 2. The first-order valence-electron chi connectivity index (χ1n) is 14.8. The molecule has 2 aliphatic heterocycles. The molecule has 1 aromatic heterocycles. The first kappa shape index (κ1) is 31.3. The molecule has 11 nitrogen and oxygen atoms in total. The van der Waals surface area contributed by atoms with Gasteiger partial charge in [0.1, 0.15) is 35.7 Å². The summed E-state index contributed by atoms with van der Waals surface area (Å²) in [6.45, 7) is 9.62. The van der Waals surface area contributed by atoms with Crippen molar-refractivity contribution in [1.29, 1.82) is 0 Å². The zero-order chi connectivity index (χ0) is 30.6. The first-order chi connectivity index (χ1) is 19.9. The molecule has 2 amide bonds. The Kier molecular flexibility index (Phi) is 9.78. The van der Waals surface area contributed by atoms with Gasteiger partial charge in [0.25, 0.3) is 0 Å². The number of aryl methyl sites for hydroxylation is 1. The molecule has 5 unspecified atom stereocenters. The number of ether oxygens (including phenoxy) is 4. The molecule has 2 aromatic rings. The highest BCUT2D eigenvalue weighted by Crippen LogP contribution is 2.31. The van der Waals surface area contributed by atoms with Gasteiger partial charge in [-0.1, -0.05) is 40.5 Å². The SMILES string of the molecule is COC(=O)C1CC2CN1C(=O)C(C(C)(C)C)NC(=O)OC(C)C(C)CCCCCc1nc3ccc(OC)cc3nc1O2. The number of nitrogens with one attached hydrogen (secondary N) is 1. The molecule has 11 heteroatoms. The van der Waals surface area contributed by atoms with E-state index in [2.05, 4.69) is 12.2 Å². The third-order valence-electron chi connectivity index (χ3n) is 8.25. The quantitative estimate of drug-likeness (QED) is 0.509. The number of aromatic nitrogens is 2. The number of alkyl carbamates (subject to hydrolysis) is 1. The smallest absolute Gasteiger partial charge is 0.408 e. The molecule has 2 aliphatic rings. The highest BCUT2D eigenvalue weighted by molar-refractivity contribution is 5.91. The predicted molar refractivity (Wildman–Crippen MR) is 156 cm³/mol. The van der Waals surface area contributed by atoms with Crippen LogP contribution in [0.2, 0.25) is 0 Å². The Morgan fingerprint density at radius 2 is 1.81 bits per heavy atom. The largest absolute Gasteiger partial charge is 0.497 e. The summed E-state index contributed by atoms with van der Waals surface area (Å²) in [6.07, 6.45) is 3.04. The maximum absolute atomic E-state index is 14.0. The van der Waals surface area contributed by atoms with E-state index in [0.29, 0.717) is 23.6 Å². The Labute approximate surface area is 247 Å². The van der Waals surface area contributed by atoms with Gasteiger partial charge < -0.3 is 29.2 Å². The van der Waals surface area contributed by atoms with E-state index in [1.807, 2.05) is 39.8 Å². The maximum atomic E-state index is 14.0. The summed E-state index contributed by atoms with van der Waals surface area (Å²) in [5, 5.41) is 2.79. The lowest BCUT2D eigenvalue weighted by molar-refractivity contribution is -0.152. The molecule has 3 heterocycles. The highest BCUT2D eigenvalue weighted by Gasteiger charge is 2.46. The average Bonchev–Trinajstić information content (AvgIpc) is 3.37. The number of fused-ring (bicyclic) bond motifs is 4. The molecule has 230 valence electrons. The van der Waals surface area contributed by atoms with Crippen molar-refractivity contribution in [3.05, 3.63) is 23.9 Å². The number of hydrogen-bond acceptors (Lipinski definition) is 9. The number of hydrogen-bond donors (Lipinski definition) is 1. The normalized spacial score (nSPS) is 26.3. The molecule has 2 bridgehead atoms. The first-order valence-corrected chi connectivity index (χ1v) is 14.8. The zero-order valence-corrected chi connectivity index (χ0v) is 25.8. The van der Waals surface area contributed by atoms with Crippen molar-refractivity contribution in [1.82, 2.24) is 20.2 Å². The van der Waals surface area contributed by atoms with E-state index in [1.165, 1.54) is 12.0 Å². The minimum Gasteiger partial charge on any atom is -0.497 e. The van der Waals surface area contributed by atoms with Gasteiger partial charge in [0.05, 0.1) is 31.8 Å². The molecule has 1 fully saturated rings. The number of nitrogens with zero attached hydrogens (tertiary/aromatic N) is 3. The molecule has 5 atom stereocenters. The van der Waals surface area contributed by atoms with Crippen LogP contribution in [0.1, 0.15) is 72.4 Å². The molecule has 1 aromatic carbocycles. The lowest BCUT2D eigenvalue weighted by Gasteiger charge is -2.35. The van der Waals surface area contributed by atoms with Gasteiger partial charge >= 0.3 is 12.1 Å². The summed E-state index contributed by atoms with van der Waals surface area (Å²) < 4.78 is 22.6. The third kappa shape index (κ3) is 7.22. The van der Waals surface area contributed by atoms with Gasteiger partial charge in [0, 0.05) is 12.5 Å². The number of amides is 2. The van der Waals surface area contributed by atoms with Gasteiger partial charge in [0.2, 0.25) is 11.8 Å². The molecule has 1 saturated heterocycles. The molecular formula is C31H44N4O7. The van der Waals surface area contributed by atoms with Crippen LogP contribution in [-0.2, 0) is 25.5 Å². The molecule has 0 saturated carbocycles. The Morgan fingerprint density at radius 1 is 1.05 bits per heavy atom. The van der Waals surface area contributed by atoms with E-state index >= 15 is 0 Å². The molecule has 0 aliphatic carbocycles. The molecule has 42 heavy (non-hydrogen) atoms. The maximum Gasteiger partial charge on any atom is 0.408 e.